The maximum Gasteiger partial charge on any atom is 0.169 e. The monoisotopic (exact) mass is 314 g/mol. The second-order valence-electron chi connectivity index (χ2n) is 4.74. The SMILES string of the molecule is CC#CCSc1ncc(-c2ccc3c(c2)OCCO3)n1CC. The fourth-order valence-electron chi connectivity index (χ4n) is 2.39. The molecular weight excluding hydrogens is 296 g/mol. The van der Waals surface area contributed by atoms with Crippen molar-refractivity contribution in [3.63, 3.8) is 0 Å². The van der Waals surface area contributed by atoms with Gasteiger partial charge in [-0.2, -0.15) is 0 Å². The van der Waals surface area contributed by atoms with Crippen LogP contribution < -0.4 is 9.47 Å². The van der Waals surface area contributed by atoms with E-state index in [-0.39, 0.29) is 0 Å². The summed E-state index contributed by atoms with van der Waals surface area (Å²) in [5, 5.41) is 0.995. The Kier molecular flexibility index (Phi) is 4.59. The normalized spacial score (nSPS) is 12.6. The standard InChI is InChI=1S/C17H18N2O2S/c1-3-5-10-22-17-18-12-14(19(17)4-2)13-6-7-15-16(11-13)21-9-8-20-15/h6-7,11-12H,4,8-10H2,1-2H3. The summed E-state index contributed by atoms with van der Waals surface area (Å²) in [6.07, 6.45) is 1.91. The first kappa shape index (κ1) is 14.9. The Balaban J connectivity index is 1.92. The quantitative estimate of drug-likeness (QED) is 0.640. The number of imidazole rings is 1. The average molecular weight is 314 g/mol. The number of hydrogen-bond acceptors (Lipinski definition) is 4. The van der Waals surface area contributed by atoms with Gasteiger partial charge < -0.3 is 14.0 Å². The van der Waals surface area contributed by atoms with Crippen LogP contribution in [0.4, 0.5) is 0 Å². The van der Waals surface area contributed by atoms with E-state index in [0.29, 0.717) is 13.2 Å². The van der Waals surface area contributed by atoms with E-state index in [1.807, 2.05) is 25.3 Å². The van der Waals surface area contributed by atoms with E-state index in [1.54, 1.807) is 11.8 Å². The smallest absolute Gasteiger partial charge is 0.169 e. The highest BCUT2D eigenvalue weighted by molar-refractivity contribution is 7.99. The van der Waals surface area contributed by atoms with Crippen LogP contribution in [-0.2, 0) is 6.54 Å². The zero-order chi connectivity index (χ0) is 15.4. The highest BCUT2D eigenvalue weighted by Crippen LogP contribution is 2.35. The molecule has 1 aromatic heterocycles. The summed E-state index contributed by atoms with van der Waals surface area (Å²) in [6.45, 7) is 6.05. The molecule has 1 aliphatic heterocycles. The van der Waals surface area contributed by atoms with E-state index in [9.17, 15) is 0 Å². The number of fused-ring (bicyclic) bond motifs is 1. The number of thioether (sulfide) groups is 1. The van der Waals surface area contributed by atoms with Gasteiger partial charge in [0.15, 0.2) is 16.7 Å². The molecule has 0 unspecified atom stereocenters. The fraction of sp³-hybridized carbons (Fsp3) is 0.353. The molecular formula is C17H18N2O2S. The summed E-state index contributed by atoms with van der Waals surface area (Å²) >= 11 is 1.66. The predicted molar refractivity (Wildman–Crippen MR) is 88.5 cm³/mol. The minimum absolute atomic E-state index is 0.598. The number of aromatic nitrogens is 2. The lowest BCUT2D eigenvalue weighted by molar-refractivity contribution is 0.171. The summed E-state index contributed by atoms with van der Waals surface area (Å²) in [4.78, 5) is 4.53. The molecule has 0 atom stereocenters. The third kappa shape index (κ3) is 2.93. The van der Waals surface area contributed by atoms with Gasteiger partial charge in [0.1, 0.15) is 13.2 Å². The molecule has 0 saturated carbocycles. The van der Waals surface area contributed by atoms with Gasteiger partial charge in [0.2, 0.25) is 0 Å². The summed E-state index contributed by atoms with van der Waals surface area (Å²) in [5.74, 6) is 8.34. The van der Waals surface area contributed by atoms with Gasteiger partial charge in [0, 0.05) is 12.1 Å². The van der Waals surface area contributed by atoms with Crippen molar-refractivity contribution in [3.8, 4) is 34.6 Å². The van der Waals surface area contributed by atoms with E-state index in [0.717, 1.165) is 40.2 Å². The molecule has 0 aliphatic carbocycles. The Morgan fingerprint density at radius 2 is 2.09 bits per heavy atom. The largest absolute Gasteiger partial charge is 0.486 e. The lowest BCUT2D eigenvalue weighted by Gasteiger charge is -2.19. The van der Waals surface area contributed by atoms with Crippen molar-refractivity contribution in [2.24, 2.45) is 0 Å². The zero-order valence-corrected chi connectivity index (χ0v) is 13.6. The van der Waals surface area contributed by atoms with Gasteiger partial charge in [-0.05, 0) is 32.0 Å². The lowest BCUT2D eigenvalue weighted by atomic mass is 10.1. The summed E-state index contributed by atoms with van der Waals surface area (Å²) in [7, 11) is 0. The van der Waals surface area contributed by atoms with E-state index in [1.165, 1.54) is 0 Å². The highest BCUT2D eigenvalue weighted by atomic mass is 32.2. The van der Waals surface area contributed by atoms with Gasteiger partial charge >= 0.3 is 0 Å². The van der Waals surface area contributed by atoms with Gasteiger partial charge in [0.05, 0.1) is 17.6 Å². The predicted octanol–water partition coefficient (Wildman–Crippen LogP) is 3.46. The van der Waals surface area contributed by atoms with Crippen LogP contribution in [0.2, 0.25) is 0 Å². The third-order valence-electron chi connectivity index (χ3n) is 3.42. The van der Waals surface area contributed by atoms with Crippen molar-refractivity contribution in [2.75, 3.05) is 19.0 Å². The van der Waals surface area contributed by atoms with Crippen molar-refractivity contribution < 1.29 is 9.47 Å². The third-order valence-corrected chi connectivity index (χ3v) is 4.30. The number of benzene rings is 1. The van der Waals surface area contributed by atoms with Crippen LogP contribution in [0.15, 0.2) is 29.6 Å². The van der Waals surface area contributed by atoms with Crippen molar-refractivity contribution in [1.82, 2.24) is 9.55 Å². The van der Waals surface area contributed by atoms with Crippen LogP contribution in [0.3, 0.4) is 0 Å². The zero-order valence-electron chi connectivity index (χ0n) is 12.8. The first-order chi connectivity index (χ1) is 10.8. The molecule has 1 aliphatic rings. The first-order valence-corrected chi connectivity index (χ1v) is 8.30. The number of rotatable bonds is 4. The molecule has 22 heavy (non-hydrogen) atoms. The average Bonchev–Trinajstić information content (AvgIpc) is 2.97. The number of hydrogen-bond donors (Lipinski definition) is 0. The van der Waals surface area contributed by atoms with Gasteiger partial charge in [-0.25, -0.2) is 4.98 Å². The van der Waals surface area contributed by atoms with Crippen LogP contribution >= 0.6 is 11.8 Å². The Bertz CT molecular complexity index is 728. The molecule has 3 rings (SSSR count). The van der Waals surface area contributed by atoms with Gasteiger partial charge in [-0.1, -0.05) is 17.7 Å². The molecule has 5 heteroatoms. The molecule has 0 spiro atoms. The van der Waals surface area contributed by atoms with Gasteiger partial charge in [-0.15, -0.1) is 5.92 Å². The Hall–Kier alpha value is -2.06. The molecule has 2 heterocycles. The second kappa shape index (κ2) is 6.80. The minimum Gasteiger partial charge on any atom is -0.486 e. The molecule has 0 amide bonds. The van der Waals surface area contributed by atoms with Crippen LogP contribution in [0.5, 0.6) is 11.5 Å². The van der Waals surface area contributed by atoms with Crippen LogP contribution in [-0.4, -0.2) is 28.5 Å². The maximum absolute atomic E-state index is 5.67. The van der Waals surface area contributed by atoms with Crippen LogP contribution in [0.25, 0.3) is 11.3 Å². The van der Waals surface area contributed by atoms with E-state index in [2.05, 4.69) is 34.4 Å². The van der Waals surface area contributed by atoms with Crippen molar-refractivity contribution >= 4 is 11.8 Å². The molecule has 0 saturated heterocycles. The Labute approximate surface area is 134 Å². The van der Waals surface area contributed by atoms with Crippen LogP contribution in [0, 0.1) is 11.8 Å². The van der Waals surface area contributed by atoms with Crippen molar-refractivity contribution in [1.29, 1.82) is 0 Å². The molecule has 1 aromatic carbocycles. The Morgan fingerprint density at radius 1 is 1.27 bits per heavy atom. The minimum atomic E-state index is 0.598. The first-order valence-electron chi connectivity index (χ1n) is 7.31. The molecule has 114 valence electrons. The highest BCUT2D eigenvalue weighted by Gasteiger charge is 2.15. The molecule has 0 N–H and O–H groups in total. The van der Waals surface area contributed by atoms with Crippen molar-refractivity contribution in [3.05, 3.63) is 24.4 Å². The molecule has 4 nitrogen and oxygen atoms in total. The number of ether oxygens (including phenoxy) is 2. The van der Waals surface area contributed by atoms with Gasteiger partial charge in [0.25, 0.3) is 0 Å². The van der Waals surface area contributed by atoms with E-state index >= 15 is 0 Å². The topological polar surface area (TPSA) is 36.3 Å². The molecule has 0 radical (unpaired) electrons. The summed E-state index contributed by atoms with van der Waals surface area (Å²) < 4.78 is 13.4. The van der Waals surface area contributed by atoms with E-state index < -0.39 is 0 Å². The Morgan fingerprint density at radius 3 is 2.86 bits per heavy atom. The van der Waals surface area contributed by atoms with Crippen LogP contribution in [0.1, 0.15) is 13.8 Å². The van der Waals surface area contributed by atoms with E-state index in [4.69, 9.17) is 9.47 Å². The van der Waals surface area contributed by atoms with Gasteiger partial charge in [-0.3, -0.25) is 0 Å². The molecule has 0 bridgehead atoms. The maximum atomic E-state index is 5.67. The molecule has 2 aromatic rings. The summed E-state index contributed by atoms with van der Waals surface area (Å²) in [5.41, 5.74) is 2.18. The van der Waals surface area contributed by atoms with Crippen molar-refractivity contribution in [2.45, 2.75) is 25.5 Å². The second-order valence-corrected chi connectivity index (χ2v) is 5.69. The number of nitrogens with zero attached hydrogens (tertiary/aromatic N) is 2. The summed E-state index contributed by atoms with van der Waals surface area (Å²) in [6, 6.07) is 6.04. The molecule has 0 fully saturated rings. The fourth-order valence-corrected chi connectivity index (χ4v) is 3.24. The lowest BCUT2D eigenvalue weighted by Crippen LogP contribution is -2.15.